The Morgan fingerprint density at radius 3 is 2.53 bits per heavy atom. The van der Waals surface area contributed by atoms with Gasteiger partial charge in [0.1, 0.15) is 5.69 Å². The first kappa shape index (κ1) is 23.9. The fourth-order valence-electron chi connectivity index (χ4n) is 4.44. The molecule has 1 aromatic carbocycles. The smallest absolute Gasteiger partial charge is 0.312 e. The van der Waals surface area contributed by atoms with E-state index in [0.717, 1.165) is 17.0 Å². The highest BCUT2D eigenvalue weighted by Gasteiger charge is 2.60. The molecule has 2 fully saturated rings. The van der Waals surface area contributed by atoms with Crippen molar-refractivity contribution in [3.05, 3.63) is 40.7 Å². The Balaban J connectivity index is 1.42. The third kappa shape index (κ3) is 4.31. The molecule has 1 saturated heterocycles. The van der Waals surface area contributed by atoms with Crippen LogP contribution >= 0.6 is 11.6 Å². The van der Waals surface area contributed by atoms with Gasteiger partial charge in [-0.05, 0) is 19.4 Å². The number of alkyl halides is 2. The van der Waals surface area contributed by atoms with Crippen molar-refractivity contribution in [3.8, 4) is 0 Å². The van der Waals surface area contributed by atoms with Crippen LogP contribution in [0.3, 0.4) is 0 Å². The molecule has 2 heterocycles. The minimum Gasteiger partial charge on any atom is -0.336 e. The topological polar surface area (TPSA) is 120 Å². The molecular formula is C20H19ClF4N6O3. The Hall–Kier alpha value is -3.22. The van der Waals surface area contributed by atoms with E-state index in [1.165, 1.54) is 6.20 Å². The van der Waals surface area contributed by atoms with Gasteiger partial charge in [-0.25, -0.2) is 17.6 Å². The SMILES string of the molecule is C[C@H]1[C@@H](C(=O)Nc2cc(F)c(F)c(Cl)c2)CCN1C(=O)C(=O)NC1(c2cn[nH]n2)CC(F)(F)C1. The van der Waals surface area contributed by atoms with Crippen LogP contribution in [0.15, 0.2) is 18.3 Å². The molecule has 2 atom stereocenters. The maximum absolute atomic E-state index is 13.6. The molecule has 3 amide bonds. The van der Waals surface area contributed by atoms with Crippen molar-refractivity contribution in [2.24, 2.45) is 5.92 Å². The second-order valence-electron chi connectivity index (χ2n) is 8.48. The zero-order valence-corrected chi connectivity index (χ0v) is 18.4. The number of benzene rings is 1. The van der Waals surface area contributed by atoms with Crippen LogP contribution in [-0.4, -0.2) is 56.5 Å². The predicted octanol–water partition coefficient (Wildman–Crippen LogP) is 2.35. The molecule has 0 unspecified atom stereocenters. The molecule has 14 heteroatoms. The first-order valence-electron chi connectivity index (χ1n) is 10.2. The van der Waals surface area contributed by atoms with Gasteiger partial charge in [0, 0.05) is 37.2 Å². The van der Waals surface area contributed by atoms with Gasteiger partial charge in [-0.2, -0.15) is 15.4 Å². The molecule has 34 heavy (non-hydrogen) atoms. The first-order valence-corrected chi connectivity index (χ1v) is 10.6. The van der Waals surface area contributed by atoms with Gasteiger partial charge in [-0.15, -0.1) is 0 Å². The van der Waals surface area contributed by atoms with Crippen molar-refractivity contribution < 1.29 is 31.9 Å². The maximum Gasteiger partial charge on any atom is 0.312 e. The van der Waals surface area contributed by atoms with Gasteiger partial charge >= 0.3 is 11.8 Å². The zero-order valence-electron chi connectivity index (χ0n) is 17.7. The zero-order chi connectivity index (χ0) is 24.8. The quantitative estimate of drug-likeness (QED) is 0.337. The summed E-state index contributed by atoms with van der Waals surface area (Å²) in [7, 11) is 0. The number of aromatic nitrogens is 3. The monoisotopic (exact) mass is 502 g/mol. The van der Waals surface area contributed by atoms with Crippen molar-refractivity contribution in [1.29, 1.82) is 0 Å². The highest BCUT2D eigenvalue weighted by molar-refractivity contribution is 6.35. The number of nitrogens with zero attached hydrogens (tertiary/aromatic N) is 3. The van der Waals surface area contributed by atoms with Gasteiger partial charge in [-0.3, -0.25) is 14.4 Å². The van der Waals surface area contributed by atoms with Gasteiger partial charge < -0.3 is 15.5 Å². The average Bonchev–Trinajstić information content (AvgIpc) is 3.40. The van der Waals surface area contributed by atoms with Crippen molar-refractivity contribution in [1.82, 2.24) is 25.6 Å². The van der Waals surface area contributed by atoms with Crippen LogP contribution in [-0.2, 0) is 19.9 Å². The lowest BCUT2D eigenvalue weighted by molar-refractivity contribution is -0.160. The molecule has 0 spiro atoms. The number of hydrogen-bond donors (Lipinski definition) is 3. The average molecular weight is 503 g/mol. The largest absolute Gasteiger partial charge is 0.336 e. The Labute approximate surface area is 195 Å². The molecule has 1 aliphatic carbocycles. The van der Waals surface area contributed by atoms with Crippen molar-refractivity contribution in [2.45, 2.75) is 43.7 Å². The van der Waals surface area contributed by atoms with Crippen LogP contribution < -0.4 is 10.6 Å². The minimum atomic E-state index is -3.03. The van der Waals surface area contributed by atoms with Crippen molar-refractivity contribution >= 4 is 35.0 Å². The lowest BCUT2D eigenvalue weighted by Crippen LogP contribution is -2.62. The van der Waals surface area contributed by atoms with Crippen molar-refractivity contribution in [2.75, 3.05) is 11.9 Å². The summed E-state index contributed by atoms with van der Waals surface area (Å²) < 4.78 is 54.2. The van der Waals surface area contributed by atoms with E-state index in [4.69, 9.17) is 11.6 Å². The van der Waals surface area contributed by atoms with E-state index in [0.29, 0.717) is 0 Å². The molecule has 3 N–H and O–H groups in total. The highest BCUT2D eigenvalue weighted by Crippen LogP contribution is 2.51. The normalized spacial score (nSPS) is 22.7. The maximum atomic E-state index is 13.6. The van der Waals surface area contributed by atoms with Gasteiger partial charge in [0.2, 0.25) is 5.91 Å². The summed E-state index contributed by atoms with van der Waals surface area (Å²) in [6, 6.07) is 1.09. The second-order valence-corrected chi connectivity index (χ2v) is 8.89. The van der Waals surface area contributed by atoms with Crippen LogP contribution in [0.4, 0.5) is 23.2 Å². The Morgan fingerprint density at radius 2 is 1.94 bits per heavy atom. The number of carbonyl (C=O) groups is 3. The van der Waals surface area contributed by atoms with E-state index in [1.54, 1.807) is 6.92 Å². The number of nitrogens with one attached hydrogen (secondary N) is 3. The number of aromatic amines is 1. The summed E-state index contributed by atoms with van der Waals surface area (Å²) in [6.45, 7) is 1.60. The number of amides is 3. The highest BCUT2D eigenvalue weighted by atomic mass is 35.5. The number of hydrogen-bond acceptors (Lipinski definition) is 5. The summed E-state index contributed by atoms with van der Waals surface area (Å²) in [4.78, 5) is 39.3. The van der Waals surface area contributed by atoms with Crippen molar-refractivity contribution in [3.63, 3.8) is 0 Å². The summed E-state index contributed by atoms with van der Waals surface area (Å²) in [5.41, 5.74) is -1.52. The Kier molecular flexibility index (Phi) is 6.00. The summed E-state index contributed by atoms with van der Waals surface area (Å²) >= 11 is 5.59. The first-order chi connectivity index (χ1) is 15.9. The number of rotatable bonds is 4. The van der Waals surface area contributed by atoms with Gasteiger partial charge in [0.15, 0.2) is 11.6 Å². The molecule has 1 aliphatic heterocycles. The van der Waals surface area contributed by atoms with Gasteiger partial charge in [0.05, 0.1) is 22.7 Å². The summed E-state index contributed by atoms with van der Waals surface area (Å²) in [6.07, 6.45) is -0.0782. The number of anilines is 1. The standard InChI is InChI=1S/C20H19ClF4N6O3/c1-9-11(16(32)27-10-4-12(21)15(23)13(22)5-10)2-3-31(9)18(34)17(33)28-19(7-20(24,25)8-19)14-6-26-30-29-14/h4-6,9,11H,2-3,7-8H2,1H3,(H,27,32)(H,28,33)(H,26,29,30)/t9-,11-/m0/s1. The van der Waals surface area contributed by atoms with Crippen LogP contribution in [0.1, 0.15) is 31.9 Å². The van der Waals surface area contributed by atoms with E-state index in [9.17, 15) is 31.9 Å². The molecule has 2 aromatic rings. The fraction of sp³-hybridized carbons (Fsp3) is 0.450. The molecule has 0 bridgehead atoms. The number of halogens is 5. The van der Waals surface area contributed by atoms with Crippen LogP contribution in [0.2, 0.25) is 5.02 Å². The van der Waals surface area contributed by atoms with Crippen LogP contribution in [0.25, 0.3) is 0 Å². The lowest BCUT2D eigenvalue weighted by Gasteiger charge is -2.46. The Morgan fingerprint density at radius 1 is 1.24 bits per heavy atom. The molecule has 9 nitrogen and oxygen atoms in total. The molecule has 0 radical (unpaired) electrons. The van der Waals surface area contributed by atoms with E-state index in [2.05, 4.69) is 26.0 Å². The summed E-state index contributed by atoms with van der Waals surface area (Å²) in [5, 5.41) is 13.9. The van der Waals surface area contributed by atoms with E-state index in [1.807, 2.05) is 0 Å². The number of H-pyrrole nitrogens is 1. The molecular weight excluding hydrogens is 484 g/mol. The fourth-order valence-corrected chi connectivity index (χ4v) is 4.65. The second kappa shape index (κ2) is 8.53. The summed E-state index contributed by atoms with van der Waals surface area (Å²) in [5.74, 6) is -8.95. The van der Waals surface area contributed by atoms with E-state index >= 15 is 0 Å². The lowest BCUT2D eigenvalue weighted by atomic mass is 9.71. The molecule has 182 valence electrons. The predicted molar refractivity (Wildman–Crippen MR) is 110 cm³/mol. The van der Waals surface area contributed by atoms with E-state index in [-0.39, 0.29) is 24.3 Å². The molecule has 4 rings (SSSR count). The van der Waals surface area contributed by atoms with Crippen LogP contribution in [0.5, 0.6) is 0 Å². The van der Waals surface area contributed by atoms with Crippen LogP contribution in [0, 0.1) is 17.6 Å². The molecule has 2 aliphatic rings. The molecule has 1 saturated carbocycles. The van der Waals surface area contributed by atoms with Gasteiger partial charge in [-0.1, -0.05) is 11.6 Å². The van der Waals surface area contributed by atoms with Gasteiger partial charge in [0.25, 0.3) is 5.92 Å². The molecule has 1 aromatic heterocycles. The van der Waals surface area contributed by atoms with E-state index < -0.39 is 70.6 Å². The third-order valence-electron chi connectivity index (χ3n) is 6.18. The number of carbonyl (C=O) groups excluding carboxylic acids is 3. The minimum absolute atomic E-state index is 0.0527. The third-order valence-corrected chi connectivity index (χ3v) is 6.45. The Bertz CT molecular complexity index is 1110. The number of likely N-dealkylation sites (tertiary alicyclic amines) is 1.